The van der Waals surface area contributed by atoms with Gasteiger partial charge in [-0.2, -0.15) is 0 Å². The van der Waals surface area contributed by atoms with E-state index < -0.39 is 10.0 Å². The molecule has 2 N–H and O–H groups in total. The van der Waals surface area contributed by atoms with E-state index in [1.165, 1.54) is 6.07 Å². The summed E-state index contributed by atoms with van der Waals surface area (Å²) in [6.45, 7) is 7.41. The number of nitrogens with zero attached hydrogens (tertiary/aromatic N) is 1. The number of rotatable bonds is 2. The van der Waals surface area contributed by atoms with Gasteiger partial charge < -0.3 is 4.90 Å². The van der Waals surface area contributed by atoms with Gasteiger partial charge in [0, 0.05) is 18.7 Å². The van der Waals surface area contributed by atoms with Crippen LogP contribution in [0, 0.1) is 18.8 Å². The summed E-state index contributed by atoms with van der Waals surface area (Å²) in [5.74, 6) is 0.927. The maximum absolute atomic E-state index is 12.5. The van der Waals surface area contributed by atoms with Gasteiger partial charge in [-0.25, -0.2) is 13.6 Å². The number of carbonyl (C=O) groups is 1. The largest absolute Gasteiger partial charge is 0.338 e. The van der Waals surface area contributed by atoms with Crippen LogP contribution in [0.25, 0.3) is 0 Å². The molecule has 116 valence electrons. The van der Waals surface area contributed by atoms with Crippen LogP contribution in [0.4, 0.5) is 0 Å². The fourth-order valence-corrected chi connectivity index (χ4v) is 3.48. The van der Waals surface area contributed by atoms with Crippen molar-refractivity contribution in [2.75, 3.05) is 13.1 Å². The van der Waals surface area contributed by atoms with Crippen molar-refractivity contribution in [3.05, 3.63) is 29.3 Å². The molecular formula is C15H22N2O3S. The van der Waals surface area contributed by atoms with Crippen LogP contribution in [0.15, 0.2) is 23.1 Å². The number of piperidine rings is 1. The van der Waals surface area contributed by atoms with Crippen molar-refractivity contribution in [2.45, 2.75) is 32.1 Å². The number of aryl methyl sites for hydroxylation is 1. The van der Waals surface area contributed by atoms with Gasteiger partial charge in [0.1, 0.15) is 0 Å². The van der Waals surface area contributed by atoms with E-state index in [1.807, 2.05) is 0 Å². The van der Waals surface area contributed by atoms with Crippen LogP contribution in [0.3, 0.4) is 0 Å². The molecule has 1 saturated heterocycles. The zero-order chi connectivity index (χ0) is 15.8. The van der Waals surface area contributed by atoms with Crippen molar-refractivity contribution in [2.24, 2.45) is 17.0 Å². The average Bonchev–Trinajstić information content (AvgIpc) is 2.40. The van der Waals surface area contributed by atoms with Crippen molar-refractivity contribution in [1.82, 2.24) is 4.90 Å². The lowest BCUT2D eigenvalue weighted by atomic mass is 9.88. The Balaban J connectivity index is 2.28. The molecule has 2 unspecified atom stereocenters. The number of sulfonamides is 1. The summed E-state index contributed by atoms with van der Waals surface area (Å²) in [6, 6.07) is 4.67. The molecule has 0 saturated carbocycles. The van der Waals surface area contributed by atoms with Gasteiger partial charge in [0.15, 0.2) is 0 Å². The molecule has 0 radical (unpaired) electrons. The van der Waals surface area contributed by atoms with Gasteiger partial charge in [-0.1, -0.05) is 19.9 Å². The maximum Gasteiger partial charge on any atom is 0.253 e. The molecule has 0 bridgehead atoms. The molecule has 0 aromatic heterocycles. The summed E-state index contributed by atoms with van der Waals surface area (Å²) in [7, 11) is -3.81. The normalized spacial score (nSPS) is 23.1. The number of nitrogens with two attached hydrogens (primary N) is 1. The molecule has 1 fully saturated rings. The van der Waals surface area contributed by atoms with Crippen molar-refractivity contribution in [3.63, 3.8) is 0 Å². The van der Waals surface area contributed by atoms with Crippen LogP contribution in [-0.2, 0) is 10.0 Å². The topological polar surface area (TPSA) is 80.5 Å². The highest BCUT2D eigenvalue weighted by atomic mass is 32.2. The lowest BCUT2D eigenvalue weighted by Gasteiger charge is -2.35. The Morgan fingerprint density at radius 1 is 1.29 bits per heavy atom. The van der Waals surface area contributed by atoms with E-state index in [0.29, 0.717) is 36.1 Å². The quantitative estimate of drug-likeness (QED) is 0.904. The van der Waals surface area contributed by atoms with Gasteiger partial charge in [-0.3, -0.25) is 4.79 Å². The second-order valence-corrected chi connectivity index (χ2v) is 7.55. The molecule has 1 heterocycles. The predicted molar refractivity (Wildman–Crippen MR) is 81.4 cm³/mol. The Morgan fingerprint density at radius 2 is 1.95 bits per heavy atom. The first-order valence-electron chi connectivity index (χ1n) is 7.13. The highest BCUT2D eigenvalue weighted by molar-refractivity contribution is 7.89. The Labute approximate surface area is 126 Å². The van der Waals surface area contributed by atoms with Gasteiger partial charge in [0.2, 0.25) is 10.0 Å². The molecule has 1 aromatic carbocycles. The van der Waals surface area contributed by atoms with E-state index in [1.54, 1.807) is 24.0 Å². The first-order chi connectivity index (χ1) is 9.70. The van der Waals surface area contributed by atoms with E-state index in [0.717, 1.165) is 6.42 Å². The Morgan fingerprint density at radius 3 is 2.52 bits per heavy atom. The second-order valence-electron chi connectivity index (χ2n) is 6.02. The van der Waals surface area contributed by atoms with Crippen molar-refractivity contribution in [1.29, 1.82) is 0 Å². The standard InChI is InChI=1S/C15H22N2O3S/c1-10-6-7-17(9-12(10)3)15(18)13-5-4-11(2)14(8-13)21(16,19)20/h4-5,8,10,12H,6-7,9H2,1-3H3,(H2,16,19,20). The van der Waals surface area contributed by atoms with Gasteiger partial charge in [0.05, 0.1) is 4.90 Å². The number of amides is 1. The van der Waals surface area contributed by atoms with Crippen molar-refractivity contribution >= 4 is 15.9 Å². The lowest BCUT2D eigenvalue weighted by Crippen LogP contribution is -2.42. The number of hydrogen-bond donors (Lipinski definition) is 1. The zero-order valence-corrected chi connectivity index (χ0v) is 13.5. The minimum absolute atomic E-state index is 0.0202. The summed E-state index contributed by atoms with van der Waals surface area (Å²) >= 11 is 0. The summed E-state index contributed by atoms with van der Waals surface area (Å²) in [6.07, 6.45) is 0.973. The minimum atomic E-state index is -3.81. The monoisotopic (exact) mass is 310 g/mol. The van der Waals surface area contributed by atoms with E-state index >= 15 is 0 Å². The molecule has 21 heavy (non-hydrogen) atoms. The minimum Gasteiger partial charge on any atom is -0.338 e. The molecule has 0 spiro atoms. The van der Waals surface area contributed by atoms with Crippen molar-refractivity contribution < 1.29 is 13.2 Å². The SMILES string of the molecule is Cc1ccc(C(=O)N2CCC(C)C(C)C2)cc1S(N)(=O)=O. The first kappa shape index (κ1) is 16.0. The number of benzene rings is 1. The van der Waals surface area contributed by atoms with Crippen LogP contribution in [0.5, 0.6) is 0 Å². The molecule has 1 aliphatic rings. The molecule has 0 aliphatic carbocycles. The number of hydrogen-bond acceptors (Lipinski definition) is 3. The van der Waals surface area contributed by atoms with Crippen LogP contribution in [0.1, 0.15) is 36.2 Å². The summed E-state index contributed by atoms with van der Waals surface area (Å²) in [5, 5.41) is 5.19. The molecular weight excluding hydrogens is 288 g/mol. The molecule has 2 rings (SSSR count). The van der Waals surface area contributed by atoms with E-state index in [-0.39, 0.29) is 10.8 Å². The maximum atomic E-state index is 12.5. The van der Waals surface area contributed by atoms with Crippen LogP contribution >= 0.6 is 0 Å². The number of primary sulfonamides is 1. The lowest BCUT2D eigenvalue weighted by molar-refractivity contribution is 0.0627. The van der Waals surface area contributed by atoms with Gasteiger partial charge in [-0.15, -0.1) is 0 Å². The Kier molecular flexibility index (Phi) is 4.39. The number of carbonyl (C=O) groups excluding carboxylic acids is 1. The summed E-state index contributed by atoms with van der Waals surface area (Å²) in [4.78, 5) is 14.3. The van der Waals surface area contributed by atoms with Crippen LogP contribution in [-0.4, -0.2) is 32.3 Å². The van der Waals surface area contributed by atoms with Gasteiger partial charge in [-0.05, 0) is 42.9 Å². The predicted octanol–water partition coefficient (Wildman–Crippen LogP) is 1.76. The summed E-state index contributed by atoms with van der Waals surface area (Å²) in [5.41, 5.74) is 0.932. The van der Waals surface area contributed by atoms with E-state index in [9.17, 15) is 13.2 Å². The zero-order valence-electron chi connectivity index (χ0n) is 12.7. The third-order valence-corrected chi connectivity index (χ3v) is 5.42. The van der Waals surface area contributed by atoms with Crippen molar-refractivity contribution in [3.8, 4) is 0 Å². The van der Waals surface area contributed by atoms with Gasteiger partial charge >= 0.3 is 0 Å². The van der Waals surface area contributed by atoms with E-state index in [2.05, 4.69) is 13.8 Å². The molecule has 1 aliphatic heterocycles. The first-order valence-corrected chi connectivity index (χ1v) is 8.67. The summed E-state index contributed by atoms with van der Waals surface area (Å²) < 4.78 is 23.1. The Hall–Kier alpha value is -1.40. The third kappa shape index (κ3) is 3.44. The molecule has 2 atom stereocenters. The molecule has 1 amide bonds. The van der Waals surface area contributed by atoms with E-state index in [4.69, 9.17) is 5.14 Å². The van der Waals surface area contributed by atoms with Crippen LogP contribution < -0.4 is 5.14 Å². The fraction of sp³-hybridized carbons (Fsp3) is 0.533. The average molecular weight is 310 g/mol. The molecule has 1 aromatic rings. The van der Waals surface area contributed by atoms with Crippen LogP contribution in [0.2, 0.25) is 0 Å². The fourth-order valence-electron chi connectivity index (χ4n) is 2.67. The third-order valence-electron chi connectivity index (χ3n) is 4.36. The highest BCUT2D eigenvalue weighted by Crippen LogP contribution is 2.24. The molecule has 5 nitrogen and oxygen atoms in total. The second kappa shape index (κ2) is 5.77. The number of likely N-dealkylation sites (tertiary alicyclic amines) is 1. The Bertz CT molecular complexity index is 655. The molecule has 6 heteroatoms. The van der Waals surface area contributed by atoms with Gasteiger partial charge in [0.25, 0.3) is 5.91 Å². The smallest absolute Gasteiger partial charge is 0.253 e. The highest BCUT2D eigenvalue weighted by Gasteiger charge is 2.27.